The van der Waals surface area contributed by atoms with Gasteiger partial charge in [0.15, 0.2) is 0 Å². The summed E-state index contributed by atoms with van der Waals surface area (Å²) in [5.41, 5.74) is 6.81. The van der Waals surface area contributed by atoms with Gasteiger partial charge in [0.2, 0.25) is 0 Å². The second-order valence-corrected chi connectivity index (χ2v) is 10.2. The van der Waals surface area contributed by atoms with Crippen LogP contribution in [0.25, 0.3) is 21.1 Å². The monoisotopic (exact) mass is 402 g/mol. The molecule has 0 saturated carbocycles. The minimum Gasteiger partial charge on any atom is -0.240 e. The largest absolute Gasteiger partial charge is 0.240 e. The number of aromatic nitrogens is 2. The summed E-state index contributed by atoms with van der Waals surface area (Å²) in [5.74, 6) is 0. The quantitative estimate of drug-likeness (QED) is 0.320. The van der Waals surface area contributed by atoms with Crippen molar-refractivity contribution in [2.75, 3.05) is 0 Å². The molecule has 4 aromatic rings. The molecular formula is C24H22N2S2. The number of fused-ring (bicyclic) bond motifs is 10. The molecule has 0 unspecified atom stereocenters. The molecule has 3 heterocycles. The molecule has 2 aromatic heterocycles. The lowest BCUT2D eigenvalue weighted by molar-refractivity contribution is 0.619. The van der Waals surface area contributed by atoms with E-state index >= 15 is 0 Å². The Hall–Kier alpha value is -2.30. The van der Waals surface area contributed by atoms with E-state index in [1.165, 1.54) is 22.3 Å². The molecule has 1 aliphatic rings. The molecule has 0 spiro atoms. The molecule has 0 N–H and O–H groups in total. The molecule has 8 bridgehead atoms. The van der Waals surface area contributed by atoms with Gasteiger partial charge in [0, 0.05) is 32.7 Å². The van der Waals surface area contributed by atoms with Crippen molar-refractivity contribution in [1.29, 1.82) is 0 Å². The van der Waals surface area contributed by atoms with Crippen molar-refractivity contribution in [3.8, 4) is 21.1 Å². The van der Waals surface area contributed by atoms with Gasteiger partial charge in [-0.25, -0.2) is 9.97 Å². The number of rotatable bonds is 0. The predicted molar refractivity (Wildman–Crippen MR) is 119 cm³/mol. The Labute approximate surface area is 174 Å². The Kier molecular flexibility index (Phi) is 3.87. The van der Waals surface area contributed by atoms with Gasteiger partial charge in [0.1, 0.15) is 10.0 Å². The summed E-state index contributed by atoms with van der Waals surface area (Å²) in [6, 6.07) is 17.6. The Bertz CT molecular complexity index is 1090. The lowest BCUT2D eigenvalue weighted by Crippen LogP contribution is -2.20. The zero-order valence-corrected chi connectivity index (χ0v) is 18.1. The van der Waals surface area contributed by atoms with Crippen molar-refractivity contribution in [2.24, 2.45) is 0 Å². The van der Waals surface area contributed by atoms with Gasteiger partial charge in [-0.15, -0.1) is 22.7 Å². The second-order valence-electron chi connectivity index (χ2n) is 8.49. The molecule has 0 amide bonds. The number of benzene rings is 2. The number of thiazole rings is 2. The van der Waals surface area contributed by atoms with Crippen LogP contribution in [0.15, 0.2) is 59.3 Å². The first-order valence-electron chi connectivity index (χ1n) is 9.49. The fourth-order valence-corrected chi connectivity index (χ4v) is 5.73. The van der Waals surface area contributed by atoms with Crippen molar-refractivity contribution in [3.05, 3.63) is 81.8 Å². The maximum atomic E-state index is 5.05. The van der Waals surface area contributed by atoms with E-state index in [0.717, 1.165) is 21.4 Å². The molecule has 0 atom stereocenters. The van der Waals surface area contributed by atoms with Crippen LogP contribution in [0, 0.1) is 0 Å². The Morgan fingerprint density at radius 3 is 1.50 bits per heavy atom. The molecule has 0 saturated heterocycles. The lowest BCUT2D eigenvalue weighted by atomic mass is 9.80. The van der Waals surface area contributed by atoms with Crippen LogP contribution in [0.5, 0.6) is 0 Å². The highest BCUT2D eigenvalue weighted by Gasteiger charge is 2.30. The molecular weight excluding hydrogens is 380 g/mol. The highest BCUT2D eigenvalue weighted by Crippen LogP contribution is 2.40. The van der Waals surface area contributed by atoms with Crippen LogP contribution in [0.2, 0.25) is 0 Å². The molecule has 140 valence electrons. The van der Waals surface area contributed by atoms with Crippen LogP contribution in [-0.2, 0) is 10.8 Å². The third-order valence-electron chi connectivity index (χ3n) is 5.95. The Balaban J connectivity index is 1.82. The summed E-state index contributed by atoms with van der Waals surface area (Å²) >= 11 is 3.46. The molecule has 28 heavy (non-hydrogen) atoms. The smallest absolute Gasteiger partial charge is 0.123 e. The third kappa shape index (κ3) is 2.66. The van der Waals surface area contributed by atoms with Crippen LogP contribution in [0.1, 0.15) is 50.2 Å². The normalized spacial score (nSPS) is 16.4. The SMILES string of the molecule is CC1(C)c2cccc(c2)-c2nc(cs2)C(C)(C)c2cccc(c2)-c2nc1cs2. The summed E-state index contributed by atoms with van der Waals surface area (Å²) in [4.78, 5) is 10.1. The van der Waals surface area contributed by atoms with E-state index in [1.807, 2.05) is 0 Å². The predicted octanol–water partition coefficient (Wildman–Crippen LogP) is 6.90. The van der Waals surface area contributed by atoms with Crippen LogP contribution in [-0.4, -0.2) is 9.97 Å². The zero-order chi connectivity index (χ0) is 19.5. The van der Waals surface area contributed by atoms with E-state index in [2.05, 4.69) is 87.0 Å². The number of hydrogen-bond donors (Lipinski definition) is 0. The first-order chi connectivity index (χ1) is 13.4. The fraction of sp³-hybridized carbons (Fsp3) is 0.250. The van der Waals surface area contributed by atoms with Gasteiger partial charge in [-0.05, 0) is 23.3 Å². The van der Waals surface area contributed by atoms with E-state index in [-0.39, 0.29) is 10.8 Å². The molecule has 4 heteroatoms. The van der Waals surface area contributed by atoms with Gasteiger partial charge in [-0.3, -0.25) is 0 Å². The Morgan fingerprint density at radius 1 is 0.643 bits per heavy atom. The minimum atomic E-state index is -0.161. The molecule has 2 nitrogen and oxygen atoms in total. The van der Waals surface area contributed by atoms with Crippen LogP contribution in [0.4, 0.5) is 0 Å². The average molecular weight is 403 g/mol. The average Bonchev–Trinajstić information content (AvgIpc) is 3.38. The first-order valence-corrected chi connectivity index (χ1v) is 11.3. The highest BCUT2D eigenvalue weighted by atomic mass is 32.1. The molecule has 2 aromatic carbocycles. The van der Waals surface area contributed by atoms with Crippen LogP contribution >= 0.6 is 22.7 Å². The van der Waals surface area contributed by atoms with Crippen LogP contribution in [0.3, 0.4) is 0 Å². The van der Waals surface area contributed by atoms with Crippen molar-refractivity contribution < 1.29 is 0 Å². The molecule has 5 rings (SSSR count). The van der Waals surface area contributed by atoms with Crippen molar-refractivity contribution in [2.45, 2.75) is 38.5 Å². The highest BCUT2D eigenvalue weighted by molar-refractivity contribution is 7.13. The summed E-state index contributed by atoms with van der Waals surface area (Å²) in [5, 5.41) is 6.57. The summed E-state index contributed by atoms with van der Waals surface area (Å²) < 4.78 is 0. The van der Waals surface area contributed by atoms with E-state index in [1.54, 1.807) is 22.7 Å². The van der Waals surface area contributed by atoms with Crippen molar-refractivity contribution in [3.63, 3.8) is 0 Å². The lowest BCUT2D eigenvalue weighted by Gasteiger charge is -2.25. The van der Waals surface area contributed by atoms with Gasteiger partial charge in [0.05, 0.1) is 11.4 Å². The molecule has 0 radical (unpaired) electrons. The van der Waals surface area contributed by atoms with Crippen LogP contribution < -0.4 is 0 Å². The molecule has 1 aliphatic heterocycles. The summed E-state index contributed by atoms with van der Waals surface area (Å²) in [6.45, 7) is 9.01. The van der Waals surface area contributed by atoms with Crippen molar-refractivity contribution >= 4 is 22.7 Å². The number of nitrogens with zero attached hydrogens (tertiary/aromatic N) is 2. The Morgan fingerprint density at radius 2 is 1.07 bits per heavy atom. The van der Waals surface area contributed by atoms with Gasteiger partial charge in [-0.1, -0.05) is 64.1 Å². The van der Waals surface area contributed by atoms with Gasteiger partial charge in [-0.2, -0.15) is 0 Å². The minimum absolute atomic E-state index is 0.161. The van der Waals surface area contributed by atoms with E-state index in [9.17, 15) is 0 Å². The van der Waals surface area contributed by atoms with Crippen molar-refractivity contribution in [1.82, 2.24) is 9.97 Å². The maximum absolute atomic E-state index is 5.05. The first kappa shape index (κ1) is 17.8. The summed E-state index contributed by atoms with van der Waals surface area (Å²) in [6.07, 6.45) is 0. The third-order valence-corrected chi connectivity index (χ3v) is 7.73. The second kappa shape index (κ2) is 6.10. The molecule has 0 fully saturated rings. The van der Waals surface area contributed by atoms with Gasteiger partial charge >= 0.3 is 0 Å². The van der Waals surface area contributed by atoms with E-state index in [0.29, 0.717) is 0 Å². The standard InChI is InChI=1S/C24H22N2S2/c1-23(2)17-9-5-7-15(11-17)22-26-20(14-28-22)24(3,4)18-10-6-8-16(12-18)21-25-19(23)13-27-21/h5-14H,1-4H3. The maximum Gasteiger partial charge on any atom is 0.123 e. The van der Waals surface area contributed by atoms with E-state index in [4.69, 9.17) is 9.97 Å². The fourth-order valence-electron chi connectivity index (χ4n) is 3.76. The summed E-state index contributed by atoms with van der Waals surface area (Å²) in [7, 11) is 0. The number of hydrogen-bond acceptors (Lipinski definition) is 4. The topological polar surface area (TPSA) is 25.8 Å². The van der Waals surface area contributed by atoms with Gasteiger partial charge < -0.3 is 0 Å². The van der Waals surface area contributed by atoms with Gasteiger partial charge in [0.25, 0.3) is 0 Å². The zero-order valence-electron chi connectivity index (χ0n) is 16.5. The molecule has 0 aliphatic carbocycles. The van der Waals surface area contributed by atoms with E-state index < -0.39 is 0 Å².